The molecule has 0 aromatic heterocycles. The van der Waals surface area contributed by atoms with E-state index >= 15 is 0 Å². The van der Waals surface area contributed by atoms with Crippen LogP contribution in [0.5, 0.6) is 0 Å². The van der Waals surface area contributed by atoms with E-state index in [1.165, 1.54) is 72.7 Å². The standard InChI is InChI=1S/C54H44N2/c1-53(2)47-20-12-11-19-45(47)46-33-32-44(36-49(46)53)55(42-28-23-38(24-29-42)37-15-7-5-8-16-37)43-30-25-39(26-31-43)40-27-34-52-50(35-40)54(3,4)48-21-13-14-22-51(48)56(52)41-17-9-6-10-18-41/h5-36H,1-4H3. The highest BCUT2D eigenvalue weighted by atomic mass is 15.2. The largest absolute Gasteiger partial charge is 0.310 e. The first-order chi connectivity index (χ1) is 27.3. The zero-order chi connectivity index (χ0) is 38.0. The summed E-state index contributed by atoms with van der Waals surface area (Å²) in [5, 5.41) is 0. The van der Waals surface area contributed by atoms with E-state index in [1.807, 2.05) is 0 Å². The number of anilines is 6. The Hall–Kier alpha value is -6.64. The summed E-state index contributed by atoms with van der Waals surface area (Å²) in [6.45, 7) is 9.42. The quantitative estimate of drug-likeness (QED) is 0.169. The highest BCUT2D eigenvalue weighted by molar-refractivity contribution is 5.89. The number of para-hydroxylation sites is 2. The molecule has 0 radical (unpaired) electrons. The predicted octanol–water partition coefficient (Wildman–Crippen LogP) is 14.9. The molecule has 0 fully saturated rings. The molecule has 56 heavy (non-hydrogen) atoms. The summed E-state index contributed by atoms with van der Waals surface area (Å²) in [5.41, 5.74) is 19.7. The van der Waals surface area contributed by atoms with Crippen LogP contribution in [-0.4, -0.2) is 0 Å². The molecular formula is C54H44N2. The van der Waals surface area contributed by atoms with E-state index in [0.717, 1.165) is 17.1 Å². The maximum atomic E-state index is 2.42. The third-order valence-electron chi connectivity index (χ3n) is 12.3. The lowest BCUT2D eigenvalue weighted by Gasteiger charge is -2.42. The van der Waals surface area contributed by atoms with E-state index in [-0.39, 0.29) is 10.8 Å². The van der Waals surface area contributed by atoms with Gasteiger partial charge in [0.2, 0.25) is 0 Å². The van der Waals surface area contributed by atoms with Gasteiger partial charge in [-0.15, -0.1) is 0 Å². The number of hydrogen-bond donors (Lipinski definition) is 0. The smallest absolute Gasteiger partial charge is 0.0503 e. The van der Waals surface area contributed by atoms with Gasteiger partial charge in [-0.25, -0.2) is 0 Å². The fraction of sp³-hybridized carbons (Fsp3) is 0.111. The van der Waals surface area contributed by atoms with Gasteiger partial charge in [0.25, 0.3) is 0 Å². The van der Waals surface area contributed by atoms with Crippen molar-refractivity contribution in [2.75, 3.05) is 9.80 Å². The summed E-state index contributed by atoms with van der Waals surface area (Å²) in [4.78, 5) is 4.82. The maximum Gasteiger partial charge on any atom is 0.0503 e. The van der Waals surface area contributed by atoms with Gasteiger partial charge in [0.1, 0.15) is 0 Å². The van der Waals surface area contributed by atoms with E-state index in [1.54, 1.807) is 0 Å². The van der Waals surface area contributed by atoms with E-state index < -0.39 is 0 Å². The number of fused-ring (bicyclic) bond motifs is 5. The third-order valence-corrected chi connectivity index (χ3v) is 12.3. The Balaban J connectivity index is 1.06. The van der Waals surface area contributed by atoms with Gasteiger partial charge in [0.15, 0.2) is 0 Å². The van der Waals surface area contributed by atoms with Gasteiger partial charge in [-0.05, 0) is 122 Å². The van der Waals surface area contributed by atoms with Crippen LogP contribution in [0.15, 0.2) is 194 Å². The molecule has 0 N–H and O–H groups in total. The first-order valence-electron chi connectivity index (χ1n) is 19.7. The second kappa shape index (κ2) is 13.0. The van der Waals surface area contributed by atoms with Crippen molar-refractivity contribution in [2.45, 2.75) is 38.5 Å². The highest BCUT2D eigenvalue weighted by Crippen LogP contribution is 2.53. The van der Waals surface area contributed by atoms with Crippen molar-refractivity contribution in [3.8, 4) is 33.4 Å². The van der Waals surface area contributed by atoms with Gasteiger partial charge in [-0.3, -0.25) is 0 Å². The molecule has 1 aliphatic heterocycles. The summed E-state index contributed by atoms with van der Waals surface area (Å²) in [6.07, 6.45) is 0. The van der Waals surface area contributed by atoms with Crippen LogP contribution in [0.2, 0.25) is 0 Å². The molecule has 2 aliphatic rings. The van der Waals surface area contributed by atoms with E-state index in [2.05, 4.69) is 232 Å². The SMILES string of the molecule is CC1(C)c2ccccc2-c2ccc(N(c3ccc(-c4ccccc4)cc3)c3ccc(-c4ccc5c(c4)C(C)(C)c4ccccc4N5c4ccccc4)cc3)cc21. The molecule has 2 nitrogen and oxygen atoms in total. The lowest BCUT2D eigenvalue weighted by atomic mass is 9.73. The molecule has 0 amide bonds. The molecule has 8 aromatic rings. The minimum atomic E-state index is -0.170. The highest BCUT2D eigenvalue weighted by Gasteiger charge is 2.38. The van der Waals surface area contributed by atoms with Gasteiger partial charge in [-0.1, -0.05) is 155 Å². The van der Waals surface area contributed by atoms with Crippen LogP contribution in [0.4, 0.5) is 34.1 Å². The monoisotopic (exact) mass is 720 g/mol. The summed E-state index contributed by atoms with van der Waals surface area (Å²) in [5.74, 6) is 0. The molecule has 0 unspecified atom stereocenters. The summed E-state index contributed by atoms with van der Waals surface area (Å²) in [7, 11) is 0. The molecule has 0 atom stereocenters. The van der Waals surface area contributed by atoms with Gasteiger partial charge in [0.05, 0.1) is 11.4 Å². The minimum Gasteiger partial charge on any atom is -0.310 e. The molecule has 1 aliphatic carbocycles. The molecule has 0 spiro atoms. The summed E-state index contributed by atoms with van der Waals surface area (Å²) in [6, 6.07) is 71.2. The second-order valence-corrected chi connectivity index (χ2v) is 16.2. The summed E-state index contributed by atoms with van der Waals surface area (Å²) >= 11 is 0. The average Bonchev–Trinajstić information content (AvgIpc) is 3.47. The van der Waals surface area contributed by atoms with Gasteiger partial charge in [-0.2, -0.15) is 0 Å². The predicted molar refractivity (Wildman–Crippen MR) is 236 cm³/mol. The Kier molecular flexibility index (Phi) is 7.87. The van der Waals surface area contributed by atoms with Gasteiger partial charge >= 0.3 is 0 Å². The number of benzene rings is 8. The minimum absolute atomic E-state index is 0.0918. The number of rotatable bonds is 6. The molecule has 0 saturated heterocycles. The van der Waals surface area contributed by atoms with Crippen LogP contribution < -0.4 is 9.80 Å². The second-order valence-electron chi connectivity index (χ2n) is 16.2. The topological polar surface area (TPSA) is 6.48 Å². The van der Waals surface area contributed by atoms with Crippen molar-refractivity contribution in [3.05, 3.63) is 216 Å². The van der Waals surface area contributed by atoms with E-state index in [0.29, 0.717) is 0 Å². The Morgan fingerprint density at radius 1 is 0.339 bits per heavy atom. The zero-order valence-corrected chi connectivity index (χ0v) is 32.4. The van der Waals surface area contributed by atoms with Gasteiger partial charge < -0.3 is 9.80 Å². The van der Waals surface area contributed by atoms with Gasteiger partial charge in [0, 0.05) is 33.6 Å². The van der Waals surface area contributed by atoms with Crippen molar-refractivity contribution in [1.29, 1.82) is 0 Å². The fourth-order valence-electron chi connectivity index (χ4n) is 9.25. The molecule has 0 saturated carbocycles. The molecule has 8 aromatic carbocycles. The molecular weight excluding hydrogens is 677 g/mol. The third kappa shape index (κ3) is 5.39. The lowest BCUT2D eigenvalue weighted by molar-refractivity contribution is 0.632. The Bertz CT molecular complexity index is 2730. The molecule has 1 heterocycles. The molecule has 2 heteroatoms. The molecule has 0 bridgehead atoms. The van der Waals surface area contributed by atoms with E-state index in [4.69, 9.17) is 0 Å². The average molecular weight is 721 g/mol. The zero-order valence-electron chi connectivity index (χ0n) is 32.4. The number of nitrogens with zero attached hydrogens (tertiary/aromatic N) is 2. The van der Waals surface area contributed by atoms with Crippen LogP contribution in [0, 0.1) is 0 Å². The normalized spacial score (nSPS) is 14.3. The van der Waals surface area contributed by atoms with Crippen molar-refractivity contribution >= 4 is 34.1 Å². The number of hydrogen-bond acceptors (Lipinski definition) is 2. The molecule has 10 rings (SSSR count). The van der Waals surface area contributed by atoms with Crippen molar-refractivity contribution in [3.63, 3.8) is 0 Å². The Morgan fingerprint density at radius 2 is 0.821 bits per heavy atom. The van der Waals surface area contributed by atoms with Crippen LogP contribution in [0.1, 0.15) is 49.9 Å². The van der Waals surface area contributed by atoms with Crippen molar-refractivity contribution in [2.24, 2.45) is 0 Å². The fourth-order valence-corrected chi connectivity index (χ4v) is 9.25. The van der Waals surface area contributed by atoms with Crippen LogP contribution in [0.25, 0.3) is 33.4 Å². The Morgan fingerprint density at radius 3 is 1.52 bits per heavy atom. The van der Waals surface area contributed by atoms with Crippen LogP contribution in [0.3, 0.4) is 0 Å². The van der Waals surface area contributed by atoms with Crippen molar-refractivity contribution in [1.82, 2.24) is 0 Å². The van der Waals surface area contributed by atoms with Crippen molar-refractivity contribution < 1.29 is 0 Å². The first-order valence-corrected chi connectivity index (χ1v) is 19.7. The lowest BCUT2D eigenvalue weighted by Crippen LogP contribution is -2.30. The summed E-state index contributed by atoms with van der Waals surface area (Å²) < 4.78 is 0. The first kappa shape index (κ1) is 33.9. The van der Waals surface area contributed by atoms with Crippen LogP contribution in [-0.2, 0) is 10.8 Å². The maximum absolute atomic E-state index is 2.42. The molecule has 270 valence electrons. The Labute approximate surface area is 331 Å². The van der Waals surface area contributed by atoms with Crippen LogP contribution >= 0.6 is 0 Å². The van der Waals surface area contributed by atoms with E-state index in [9.17, 15) is 0 Å².